The molecule has 3 unspecified atom stereocenters. The van der Waals surface area contributed by atoms with Crippen molar-refractivity contribution < 1.29 is 14.3 Å². The van der Waals surface area contributed by atoms with Crippen LogP contribution < -0.4 is 4.74 Å². The van der Waals surface area contributed by atoms with Gasteiger partial charge in [-0.1, -0.05) is 25.1 Å². The van der Waals surface area contributed by atoms with Crippen molar-refractivity contribution in [3.63, 3.8) is 0 Å². The summed E-state index contributed by atoms with van der Waals surface area (Å²) in [6.07, 6.45) is 1.98. The first-order valence-corrected chi connectivity index (χ1v) is 6.38. The fourth-order valence-corrected chi connectivity index (χ4v) is 2.60. The van der Waals surface area contributed by atoms with Crippen LogP contribution in [0.3, 0.4) is 0 Å². The van der Waals surface area contributed by atoms with Crippen LogP contribution in [0.15, 0.2) is 24.3 Å². The molecule has 0 heterocycles. The van der Waals surface area contributed by atoms with E-state index in [4.69, 9.17) is 9.47 Å². The predicted molar refractivity (Wildman–Crippen MR) is 69.6 cm³/mol. The van der Waals surface area contributed by atoms with Gasteiger partial charge in [0.25, 0.3) is 0 Å². The van der Waals surface area contributed by atoms with E-state index in [9.17, 15) is 4.79 Å². The molecule has 0 bridgehead atoms. The van der Waals surface area contributed by atoms with E-state index in [-0.39, 0.29) is 11.9 Å². The lowest BCUT2D eigenvalue weighted by atomic mass is 9.94. The summed E-state index contributed by atoms with van der Waals surface area (Å²) in [5.41, 5.74) is 1.22. The zero-order valence-corrected chi connectivity index (χ0v) is 11.2. The molecule has 1 aliphatic carbocycles. The Morgan fingerprint density at radius 1 is 1.39 bits per heavy atom. The van der Waals surface area contributed by atoms with E-state index in [0.29, 0.717) is 11.8 Å². The second-order valence-corrected chi connectivity index (χ2v) is 5.00. The number of methoxy groups -OCH3 is 2. The third kappa shape index (κ3) is 2.66. The summed E-state index contributed by atoms with van der Waals surface area (Å²) in [5, 5.41) is 0. The quantitative estimate of drug-likeness (QED) is 0.751. The number of para-hydroxylation sites is 1. The van der Waals surface area contributed by atoms with Crippen LogP contribution in [0.25, 0.3) is 0 Å². The summed E-state index contributed by atoms with van der Waals surface area (Å²) in [6.45, 7) is 2.19. The highest BCUT2D eigenvalue weighted by Crippen LogP contribution is 2.46. The summed E-state index contributed by atoms with van der Waals surface area (Å²) >= 11 is 0. The highest BCUT2D eigenvalue weighted by molar-refractivity contribution is 5.75. The summed E-state index contributed by atoms with van der Waals surface area (Å²) < 4.78 is 10.1. The van der Waals surface area contributed by atoms with Gasteiger partial charge >= 0.3 is 5.97 Å². The maximum Gasteiger partial charge on any atom is 0.308 e. The number of hydrogen-bond acceptors (Lipinski definition) is 3. The first kappa shape index (κ1) is 12.9. The first-order chi connectivity index (χ1) is 8.67. The molecule has 1 saturated carbocycles. The molecule has 18 heavy (non-hydrogen) atoms. The number of benzene rings is 1. The summed E-state index contributed by atoms with van der Waals surface area (Å²) in [7, 11) is 3.15. The molecule has 2 rings (SSSR count). The van der Waals surface area contributed by atoms with E-state index in [1.54, 1.807) is 7.11 Å². The average Bonchev–Trinajstić information content (AvgIpc) is 3.16. The number of carbonyl (C=O) groups is 1. The van der Waals surface area contributed by atoms with Crippen molar-refractivity contribution in [3.8, 4) is 5.75 Å². The third-order valence-electron chi connectivity index (χ3n) is 3.75. The van der Waals surface area contributed by atoms with Crippen LogP contribution in [0.5, 0.6) is 5.75 Å². The Bertz CT molecular complexity index is 428. The van der Waals surface area contributed by atoms with E-state index in [2.05, 4.69) is 13.0 Å². The standard InChI is InChI=1S/C15H20O3/c1-10(8-11-9-13(11)15(16)18-3)12-6-4-5-7-14(12)17-2/h4-7,10-11,13H,8-9H2,1-3H3. The van der Waals surface area contributed by atoms with Crippen molar-refractivity contribution in [3.05, 3.63) is 29.8 Å². The normalized spacial score (nSPS) is 23.3. The average molecular weight is 248 g/mol. The van der Waals surface area contributed by atoms with Crippen LogP contribution >= 0.6 is 0 Å². The van der Waals surface area contributed by atoms with E-state index in [1.807, 2.05) is 18.2 Å². The van der Waals surface area contributed by atoms with Crippen LogP contribution in [-0.4, -0.2) is 20.2 Å². The smallest absolute Gasteiger partial charge is 0.308 e. The Labute approximate surface area is 108 Å². The minimum atomic E-state index is -0.0628. The van der Waals surface area contributed by atoms with E-state index in [0.717, 1.165) is 18.6 Å². The van der Waals surface area contributed by atoms with Gasteiger partial charge in [-0.3, -0.25) is 4.79 Å². The van der Waals surface area contributed by atoms with Crippen molar-refractivity contribution in [1.82, 2.24) is 0 Å². The van der Waals surface area contributed by atoms with Gasteiger partial charge in [-0.15, -0.1) is 0 Å². The van der Waals surface area contributed by atoms with E-state index >= 15 is 0 Å². The number of rotatable bonds is 5. The van der Waals surface area contributed by atoms with Gasteiger partial charge in [0.2, 0.25) is 0 Å². The van der Waals surface area contributed by atoms with Gasteiger partial charge in [0.05, 0.1) is 20.1 Å². The number of hydrogen-bond donors (Lipinski definition) is 0. The van der Waals surface area contributed by atoms with Gasteiger partial charge in [0.15, 0.2) is 0 Å². The maximum atomic E-state index is 11.4. The molecule has 1 aromatic carbocycles. The molecule has 3 nitrogen and oxygen atoms in total. The molecule has 0 aromatic heterocycles. The maximum absolute atomic E-state index is 11.4. The zero-order chi connectivity index (χ0) is 13.1. The molecule has 0 radical (unpaired) electrons. The molecule has 0 aliphatic heterocycles. The molecule has 98 valence electrons. The fraction of sp³-hybridized carbons (Fsp3) is 0.533. The molecule has 3 atom stereocenters. The van der Waals surface area contributed by atoms with Crippen LogP contribution in [-0.2, 0) is 9.53 Å². The van der Waals surface area contributed by atoms with Gasteiger partial charge in [-0.25, -0.2) is 0 Å². The van der Waals surface area contributed by atoms with Crippen molar-refractivity contribution >= 4 is 5.97 Å². The molecule has 0 amide bonds. The van der Waals surface area contributed by atoms with Crippen LogP contribution in [0.2, 0.25) is 0 Å². The minimum absolute atomic E-state index is 0.0628. The lowest BCUT2D eigenvalue weighted by Gasteiger charge is -2.15. The molecule has 0 saturated heterocycles. The fourth-order valence-electron chi connectivity index (χ4n) is 2.60. The molecule has 1 aromatic rings. The number of carbonyl (C=O) groups excluding carboxylic acids is 1. The van der Waals surface area contributed by atoms with Crippen molar-refractivity contribution in [1.29, 1.82) is 0 Å². The lowest BCUT2D eigenvalue weighted by Crippen LogP contribution is -2.06. The van der Waals surface area contributed by atoms with Crippen LogP contribution in [0.1, 0.15) is 31.2 Å². The molecule has 0 spiro atoms. The lowest BCUT2D eigenvalue weighted by molar-refractivity contribution is -0.142. The van der Waals surface area contributed by atoms with Gasteiger partial charge in [-0.05, 0) is 36.3 Å². The largest absolute Gasteiger partial charge is 0.496 e. The van der Waals surface area contributed by atoms with Gasteiger partial charge in [0, 0.05) is 0 Å². The SMILES string of the molecule is COC(=O)C1CC1CC(C)c1ccccc1OC. The molecule has 1 fully saturated rings. The number of esters is 1. The summed E-state index contributed by atoms with van der Waals surface area (Å²) in [4.78, 5) is 11.4. The molecule has 3 heteroatoms. The molecular weight excluding hydrogens is 228 g/mol. The Kier molecular flexibility index (Phi) is 3.90. The zero-order valence-electron chi connectivity index (χ0n) is 11.2. The second-order valence-electron chi connectivity index (χ2n) is 5.00. The van der Waals surface area contributed by atoms with Gasteiger partial charge < -0.3 is 9.47 Å². The van der Waals surface area contributed by atoms with E-state index in [1.165, 1.54) is 12.7 Å². The molecule has 1 aliphatic rings. The van der Waals surface area contributed by atoms with Gasteiger partial charge in [-0.2, -0.15) is 0 Å². The van der Waals surface area contributed by atoms with Gasteiger partial charge in [0.1, 0.15) is 5.75 Å². The summed E-state index contributed by atoms with van der Waals surface area (Å²) in [6, 6.07) is 8.08. The van der Waals surface area contributed by atoms with Crippen LogP contribution in [0, 0.1) is 11.8 Å². The summed E-state index contributed by atoms with van der Waals surface area (Å²) in [5.74, 6) is 1.86. The topological polar surface area (TPSA) is 35.5 Å². The van der Waals surface area contributed by atoms with Crippen molar-refractivity contribution in [2.24, 2.45) is 11.8 Å². The Balaban J connectivity index is 1.97. The highest BCUT2D eigenvalue weighted by atomic mass is 16.5. The molecular formula is C15H20O3. The first-order valence-electron chi connectivity index (χ1n) is 6.38. The Hall–Kier alpha value is -1.51. The minimum Gasteiger partial charge on any atom is -0.496 e. The highest BCUT2D eigenvalue weighted by Gasteiger charge is 2.44. The van der Waals surface area contributed by atoms with Crippen LogP contribution in [0.4, 0.5) is 0 Å². The number of ether oxygens (including phenoxy) is 2. The Morgan fingerprint density at radius 2 is 2.11 bits per heavy atom. The second kappa shape index (κ2) is 5.42. The Morgan fingerprint density at radius 3 is 2.78 bits per heavy atom. The predicted octanol–water partition coefficient (Wildman–Crippen LogP) is 3.00. The van der Waals surface area contributed by atoms with Crippen molar-refractivity contribution in [2.45, 2.75) is 25.7 Å². The third-order valence-corrected chi connectivity index (χ3v) is 3.75. The van der Waals surface area contributed by atoms with Crippen molar-refractivity contribution in [2.75, 3.05) is 14.2 Å². The monoisotopic (exact) mass is 248 g/mol. The molecule has 0 N–H and O–H groups in total. The van der Waals surface area contributed by atoms with E-state index < -0.39 is 0 Å².